The summed E-state index contributed by atoms with van der Waals surface area (Å²) in [5.74, 6) is 1.78. The van der Waals surface area contributed by atoms with Crippen LogP contribution in [0.25, 0.3) is 0 Å². The van der Waals surface area contributed by atoms with E-state index in [1.165, 1.54) is 0 Å². The number of aromatic nitrogens is 1. The Balaban J connectivity index is 1.57. The lowest BCUT2D eigenvalue weighted by Gasteiger charge is -2.42. The summed E-state index contributed by atoms with van der Waals surface area (Å²) >= 11 is 3.59. The topological polar surface area (TPSA) is 69.5 Å². The number of carbonyl (C=O) groups is 1. The first-order valence-corrected chi connectivity index (χ1v) is 10.9. The molecule has 0 aromatic carbocycles. The molecule has 1 aliphatic heterocycles. The zero-order valence-electron chi connectivity index (χ0n) is 16.7. The Bertz CT molecular complexity index is 821. The van der Waals surface area contributed by atoms with Crippen LogP contribution in [0.4, 0.5) is 10.6 Å². The summed E-state index contributed by atoms with van der Waals surface area (Å²) in [6.07, 6.45) is 4.38. The summed E-state index contributed by atoms with van der Waals surface area (Å²) in [6.45, 7) is 7.66. The normalized spacial score (nSPS) is 22.8. The molecule has 0 radical (unpaired) electrons. The average Bonchev–Trinajstić information content (AvgIpc) is 3.52. The fraction of sp³-hybridized carbons (Fsp3) is 0.667. The molecule has 4 rings (SSSR count). The van der Waals surface area contributed by atoms with Crippen molar-refractivity contribution >= 4 is 27.8 Å². The number of amides is 1. The average molecular weight is 447 g/mol. The van der Waals surface area contributed by atoms with Gasteiger partial charge in [-0.2, -0.15) is 5.26 Å². The van der Waals surface area contributed by atoms with E-state index in [-0.39, 0.29) is 12.1 Å². The second kappa shape index (κ2) is 7.22. The second-order valence-corrected chi connectivity index (χ2v) is 9.99. The highest BCUT2D eigenvalue weighted by atomic mass is 79.9. The van der Waals surface area contributed by atoms with Crippen LogP contribution in [0.2, 0.25) is 0 Å². The Morgan fingerprint density at radius 2 is 2.00 bits per heavy atom. The standard InChI is InChI=1S/C21H27BrN4O2/c1-21(2,3)28-20(27)26-9-8-25(12-17(26)13-4-5-13)19-15(11-23)10-16(22)18(24-19)14-6-7-14/h10,13-14,17H,4-9,12H2,1-3H3/t17-/m0/s1. The summed E-state index contributed by atoms with van der Waals surface area (Å²) in [6, 6.07) is 4.33. The molecule has 150 valence electrons. The third-order valence-corrected chi connectivity index (χ3v) is 6.21. The maximum absolute atomic E-state index is 12.7. The molecule has 2 saturated carbocycles. The molecule has 1 amide bonds. The molecule has 1 aromatic rings. The van der Waals surface area contributed by atoms with Crippen LogP contribution >= 0.6 is 15.9 Å². The van der Waals surface area contributed by atoms with E-state index < -0.39 is 5.60 Å². The Morgan fingerprint density at radius 3 is 2.57 bits per heavy atom. The van der Waals surface area contributed by atoms with Crippen molar-refractivity contribution in [3.8, 4) is 6.07 Å². The van der Waals surface area contributed by atoms with Gasteiger partial charge in [0.2, 0.25) is 0 Å². The molecule has 0 unspecified atom stereocenters. The van der Waals surface area contributed by atoms with Gasteiger partial charge in [-0.3, -0.25) is 0 Å². The molecule has 2 heterocycles. The van der Waals surface area contributed by atoms with Crippen molar-refractivity contribution in [2.24, 2.45) is 5.92 Å². The number of ether oxygens (including phenoxy) is 1. The number of rotatable bonds is 3. The monoisotopic (exact) mass is 446 g/mol. The quantitative estimate of drug-likeness (QED) is 0.686. The number of anilines is 1. The lowest BCUT2D eigenvalue weighted by atomic mass is 10.1. The predicted molar refractivity (Wildman–Crippen MR) is 110 cm³/mol. The Kier molecular flexibility index (Phi) is 5.03. The number of pyridine rings is 1. The summed E-state index contributed by atoms with van der Waals surface area (Å²) in [5.41, 5.74) is 1.16. The molecular weight excluding hydrogens is 420 g/mol. The van der Waals surface area contributed by atoms with E-state index in [0.717, 1.165) is 41.7 Å². The Hall–Kier alpha value is -1.81. The van der Waals surface area contributed by atoms with Crippen molar-refractivity contribution in [3.05, 3.63) is 21.8 Å². The van der Waals surface area contributed by atoms with Crippen molar-refractivity contribution in [2.75, 3.05) is 24.5 Å². The van der Waals surface area contributed by atoms with Crippen molar-refractivity contribution < 1.29 is 9.53 Å². The van der Waals surface area contributed by atoms with Crippen LogP contribution in [0, 0.1) is 17.2 Å². The van der Waals surface area contributed by atoms with Crippen molar-refractivity contribution in [1.82, 2.24) is 9.88 Å². The Morgan fingerprint density at radius 1 is 1.29 bits per heavy atom. The molecule has 0 bridgehead atoms. The smallest absolute Gasteiger partial charge is 0.410 e. The molecule has 7 heteroatoms. The number of piperazine rings is 1. The van der Waals surface area contributed by atoms with Gasteiger partial charge in [0.1, 0.15) is 17.5 Å². The van der Waals surface area contributed by atoms with Crippen LogP contribution in [-0.4, -0.2) is 47.3 Å². The van der Waals surface area contributed by atoms with Crippen LogP contribution in [-0.2, 0) is 4.74 Å². The fourth-order valence-corrected chi connectivity index (χ4v) is 4.53. The van der Waals surface area contributed by atoms with Crippen molar-refractivity contribution in [1.29, 1.82) is 5.26 Å². The molecular formula is C21H27BrN4O2. The molecule has 1 aromatic heterocycles. The van der Waals surface area contributed by atoms with Crippen LogP contribution in [0.1, 0.15) is 63.6 Å². The highest BCUT2D eigenvalue weighted by molar-refractivity contribution is 9.10. The zero-order valence-corrected chi connectivity index (χ0v) is 18.3. The zero-order chi connectivity index (χ0) is 20.1. The van der Waals surface area contributed by atoms with Gasteiger partial charge in [-0.15, -0.1) is 0 Å². The molecule has 0 spiro atoms. The number of hydrogen-bond acceptors (Lipinski definition) is 5. The number of halogens is 1. The minimum atomic E-state index is -0.497. The van der Waals surface area contributed by atoms with Gasteiger partial charge in [-0.25, -0.2) is 9.78 Å². The minimum Gasteiger partial charge on any atom is -0.444 e. The molecule has 3 fully saturated rings. The number of hydrogen-bond donors (Lipinski definition) is 0. The van der Waals surface area contributed by atoms with E-state index >= 15 is 0 Å². The molecule has 3 aliphatic rings. The van der Waals surface area contributed by atoms with Crippen LogP contribution in [0.15, 0.2) is 10.5 Å². The van der Waals surface area contributed by atoms with Gasteiger partial charge in [0.15, 0.2) is 0 Å². The molecule has 6 nitrogen and oxygen atoms in total. The van der Waals surface area contributed by atoms with Crippen molar-refractivity contribution in [2.45, 2.75) is 64.0 Å². The van der Waals surface area contributed by atoms with E-state index in [1.54, 1.807) is 0 Å². The fourth-order valence-electron chi connectivity index (χ4n) is 3.89. The third kappa shape index (κ3) is 4.12. The van der Waals surface area contributed by atoms with E-state index in [2.05, 4.69) is 26.9 Å². The van der Waals surface area contributed by atoms with E-state index in [4.69, 9.17) is 9.72 Å². The lowest BCUT2D eigenvalue weighted by Crippen LogP contribution is -2.57. The van der Waals surface area contributed by atoms with Gasteiger partial charge < -0.3 is 14.5 Å². The van der Waals surface area contributed by atoms with E-state index in [0.29, 0.717) is 37.0 Å². The molecule has 2 aliphatic carbocycles. The first kappa shape index (κ1) is 19.5. The maximum atomic E-state index is 12.7. The highest BCUT2D eigenvalue weighted by Gasteiger charge is 2.43. The van der Waals surface area contributed by atoms with Crippen LogP contribution in [0.3, 0.4) is 0 Å². The van der Waals surface area contributed by atoms with Gasteiger partial charge in [0.25, 0.3) is 0 Å². The van der Waals surface area contributed by atoms with E-state index in [9.17, 15) is 10.1 Å². The van der Waals surface area contributed by atoms with Crippen molar-refractivity contribution in [3.63, 3.8) is 0 Å². The first-order valence-electron chi connectivity index (χ1n) is 10.1. The molecule has 1 atom stereocenters. The van der Waals surface area contributed by atoms with Gasteiger partial charge in [0, 0.05) is 30.0 Å². The highest BCUT2D eigenvalue weighted by Crippen LogP contribution is 2.44. The largest absolute Gasteiger partial charge is 0.444 e. The maximum Gasteiger partial charge on any atom is 0.410 e. The predicted octanol–water partition coefficient (Wildman–Crippen LogP) is 4.43. The van der Waals surface area contributed by atoms with Crippen LogP contribution < -0.4 is 4.90 Å². The van der Waals surface area contributed by atoms with Gasteiger partial charge in [0.05, 0.1) is 17.3 Å². The van der Waals surface area contributed by atoms with Gasteiger partial charge in [-0.05, 0) is 74.4 Å². The second-order valence-electron chi connectivity index (χ2n) is 9.14. The summed E-state index contributed by atoms with van der Waals surface area (Å²) in [7, 11) is 0. The molecule has 28 heavy (non-hydrogen) atoms. The van der Waals surface area contributed by atoms with Gasteiger partial charge >= 0.3 is 6.09 Å². The Labute approximate surface area is 175 Å². The number of carbonyl (C=O) groups excluding carboxylic acids is 1. The first-order chi connectivity index (χ1) is 13.3. The lowest BCUT2D eigenvalue weighted by molar-refractivity contribution is 0.0116. The minimum absolute atomic E-state index is 0.116. The molecule has 1 saturated heterocycles. The number of nitrogens with zero attached hydrogens (tertiary/aromatic N) is 4. The summed E-state index contributed by atoms with van der Waals surface area (Å²) in [4.78, 5) is 21.7. The SMILES string of the molecule is CC(C)(C)OC(=O)N1CCN(c2nc(C3CC3)c(Br)cc2C#N)C[C@H]1C1CC1. The third-order valence-electron chi connectivity index (χ3n) is 5.58. The van der Waals surface area contributed by atoms with Crippen LogP contribution in [0.5, 0.6) is 0 Å². The summed E-state index contributed by atoms with van der Waals surface area (Å²) < 4.78 is 6.57. The van der Waals surface area contributed by atoms with Gasteiger partial charge in [-0.1, -0.05) is 0 Å². The molecule has 0 N–H and O–H groups in total. The number of nitriles is 1. The summed E-state index contributed by atoms with van der Waals surface area (Å²) in [5, 5.41) is 9.65. The van der Waals surface area contributed by atoms with E-state index in [1.807, 2.05) is 31.7 Å².